The summed E-state index contributed by atoms with van der Waals surface area (Å²) < 4.78 is 13.5. The fraction of sp³-hybridized carbons (Fsp3) is 0.0857. The summed E-state index contributed by atoms with van der Waals surface area (Å²) in [5.41, 5.74) is 19.6. The van der Waals surface area contributed by atoms with E-state index in [1.807, 2.05) is 60.7 Å². The van der Waals surface area contributed by atoms with Gasteiger partial charge in [0, 0.05) is 54.8 Å². The van der Waals surface area contributed by atoms with Crippen LogP contribution in [0.3, 0.4) is 0 Å². The van der Waals surface area contributed by atoms with Crippen LogP contribution in [0.4, 0.5) is 39.8 Å². The van der Waals surface area contributed by atoms with Gasteiger partial charge in [0.1, 0.15) is 11.2 Å². The average Bonchev–Trinajstić information content (AvgIpc) is 4.37. The smallest absolute Gasteiger partial charge is 0.187 e. The van der Waals surface area contributed by atoms with E-state index >= 15 is 0 Å². The molecule has 0 amide bonds. The molecule has 11 aromatic carbocycles. The molecule has 6 heteroatoms. The topological polar surface area (TPSA) is 60.9 Å². The highest BCUT2D eigenvalue weighted by atomic mass is 16.3. The van der Waals surface area contributed by atoms with Gasteiger partial charge in [0.15, 0.2) is 16.9 Å². The molecule has 358 valence electrons. The maximum atomic E-state index is 9.96. The molecule has 0 spiro atoms. The highest BCUT2D eigenvalue weighted by Crippen LogP contribution is 2.60. The minimum Gasteiger partial charge on any atom is -0.454 e. The summed E-state index contributed by atoms with van der Waals surface area (Å²) in [5.74, 6) is 0. The maximum Gasteiger partial charge on any atom is 0.187 e. The van der Waals surface area contributed by atoms with E-state index in [-0.39, 0.29) is 5.41 Å². The number of anilines is 6. The molecule has 0 unspecified atom stereocenters. The number of nitriles is 1. The van der Waals surface area contributed by atoms with Gasteiger partial charge in [0.05, 0.1) is 35.3 Å². The first-order valence-electron chi connectivity index (χ1n) is 25.8. The number of fused-ring (bicyclic) bond motifs is 16. The lowest BCUT2D eigenvalue weighted by Crippen LogP contribution is -2.20. The summed E-state index contributed by atoms with van der Waals surface area (Å²) in [5, 5.41) is 18.9. The lowest BCUT2D eigenvalue weighted by atomic mass is 9.77. The molecule has 0 N–H and O–H groups in total. The van der Waals surface area contributed by atoms with Crippen molar-refractivity contribution in [2.75, 3.05) is 9.80 Å². The normalized spacial score (nSPS) is 13.7. The van der Waals surface area contributed by atoms with E-state index in [0.29, 0.717) is 11.3 Å². The molecule has 0 bridgehead atoms. The van der Waals surface area contributed by atoms with E-state index in [1.165, 1.54) is 60.7 Å². The highest BCUT2D eigenvalue weighted by molar-refractivity contribution is 6.22. The number of furan rings is 2. The predicted molar refractivity (Wildman–Crippen MR) is 311 cm³/mol. The molecule has 15 rings (SSSR count). The van der Waals surface area contributed by atoms with Crippen LogP contribution in [0.15, 0.2) is 215 Å². The van der Waals surface area contributed by atoms with Crippen LogP contribution in [0, 0.1) is 17.9 Å². The number of para-hydroxylation sites is 4. The molecule has 2 aliphatic rings. The molecule has 13 aromatic rings. The van der Waals surface area contributed by atoms with Gasteiger partial charge in [-0.3, -0.25) is 0 Å². The SMILES string of the molecule is [C-]#[N+]c1ccc(N(c2ccc3c(c2)C(C)(C)c2cc4c(cc2-3)-c2c(cc(N(c3ccc(C#N)cc3)c3cccc5c3oc3ccccc35)c3ccc5ccccc5c23)C4(C)C)c2cccc3c2oc2ccccc23)cc1. The number of hydrogen-bond donors (Lipinski definition) is 0. The molecule has 2 aromatic heterocycles. The molecular weight excluding hydrogens is 929 g/mol. The van der Waals surface area contributed by atoms with Crippen molar-refractivity contribution in [1.29, 1.82) is 5.26 Å². The fourth-order valence-corrected chi connectivity index (χ4v) is 12.9. The zero-order valence-electron chi connectivity index (χ0n) is 42.2. The lowest BCUT2D eigenvalue weighted by molar-refractivity contribution is 0.639. The van der Waals surface area contributed by atoms with Crippen molar-refractivity contribution in [1.82, 2.24) is 0 Å². The Balaban J connectivity index is 0.949. The molecule has 0 fully saturated rings. The van der Waals surface area contributed by atoms with Crippen LogP contribution in [-0.2, 0) is 10.8 Å². The van der Waals surface area contributed by atoms with E-state index in [0.717, 1.165) is 83.4 Å². The van der Waals surface area contributed by atoms with Crippen molar-refractivity contribution >= 4 is 105 Å². The summed E-state index contributed by atoms with van der Waals surface area (Å²) >= 11 is 0. The van der Waals surface area contributed by atoms with E-state index in [9.17, 15) is 5.26 Å². The first kappa shape index (κ1) is 43.7. The van der Waals surface area contributed by atoms with Crippen LogP contribution in [0.5, 0.6) is 0 Å². The van der Waals surface area contributed by atoms with E-state index < -0.39 is 5.41 Å². The summed E-state index contributed by atoms with van der Waals surface area (Å²) in [6.07, 6.45) is 0. The Morgan fingerprint density at radius 3 is 1.66 bits per heavy atom. The Bertz CT molecular complexity index is 4730. The standard InChI is InChI=1S/C70H46N4O2/c1-69(2)56-36-46(73(44-31-27-43(72-5)28-32-44)60-20-12-18-51-49-16-8-10-22-63(49)75-67(51)60)33-35-48(56)54-37-55-58(38-57(54)69)70(3,4)59-39-62(53-34-26-42-14-6-7-15-47(42)65(53)66(55)59)74(45-29-24-41(40-71)25-30-45)61-21-13-19-52-50-17-9-11-23-64(50)76-68(52)61/h6-39H,1-4H3. The summed E-state index contributed by atoms with van der Waals surface area (Å²) in [7, 11) is 0. The number of benzene rings is 11. The van der Waals surface area contributed by atoms with Crippen LogP contribution in [0.25, 0.3) is 92.5 Å². The Morgan fingerprint density at radius 2 is 0.987 bits per heavy atom. The van der Waals surface area contributed by atoms with E-state index in [2.05, 4.69) is 194 Å². The summed E-state index contributed by atoms with van der Waals surface area (Å²) in [4.78, 5) is 8.35. The Kier molecular flexibility index (Phi) is 9.09. The van der Waals surface area contributed by atoms with Crippen molar-refractivity contribution in [3.63, 3.8) is 0 Å². The van der Waals surface area contributed by atoms with Crippen LogP contribution >= 0.6 is 0 Å². The van der Waals surface area contributed by atoms with Crippen LogP contribution < -0.4 is 9.80 Å². The van der Waals surface area contributed by atoms with E-state index in [1.54, 1.807) is 0 Å². The Labute approximate surface area is 439 Å². The molecule has 6 nitrogen and oxygen atoms in total. The second-order valence-electron chi connectivity index (χ2n) is 21.4. The molecule has 0 aliphatic heterocycles. The van der Waals surface area contributed by atoms with Gasteiger partial charge >= 0.3 is 0 Å². The summed E-state index contributed by atoms with van der Waals surface area (Å²) in [6, 6.07) is 75.1. The van der Waals surface area contributed by atoms with Crippen molar-refractivity contribution in [3.05, 3.63) is 245 Å². The number of nitrogens with zero attached hydrogens (tertiary/aromatic N) is 4. The van der Waals surface area contributed by atoms with Gasteiger partial charge in [-0.1, -0.05) is 149 Å². The quantitative estimate of drug-likeness (QED) is 0.123. The molecule has 2 heterocycles. The molecular formula is C70H46N4O2. The number of rotatable bonds is 6. The molecule has 76 heavy (non-hydrogen) atoms. The average molecular weight is 975 g/mol. The second kappa shape index (κ2) is 15.8. The first-order valence-corrected chi connectivity index (χ1v) is 25.8. The van der Waals surface area contributed by atoms with Gasteiger partial charge in [0.25, 0.3) is 0 Å². The zero-order chi connectivity index (χ0) is 51.2. The monoisotopic (exact) mass is 974 g/mol. The molecule has 0 saturated heterocycles. The third-order valence-corrected chi connectivity index (χ3v) is 16.7. The highest BCUT2D eigenvalue weighted by Gasteiger charge is 2.44. The lowest BCUT2D eigenvalue weighted by Gasteiger charge is -2.30. The van der Waals surface area contributed by atoms with Crippen LogP contribution in [0.1, 0.15) is 55.5 Å². The van der Waals surface area contributed by atoms with Crippen molar-refractivity contribution in [3.8, 4) is 28.3 Å². The third kappa shape index (κ3) is 6.07. The minimum atomic E-state index is -0.406. The van der Waals surface area contributed by atoms with Crippen molar-refractivity contribution < 1.29 is 8.83 Å². The van der Waals surface area contributed by atoms with Gasteiger partial charge in [-0.05, 0) is 146 Å². The van der Waals surface area contributed by atoms with Gasteiger partial charge < -0.3 is 18.6 Å². The Morgan fingerprint density at radius 1 is 0.434 bits per heavy atom. The molecule has 2 aliphatic carbocycles. The number of hydrogen-bond acceptors (Lipinski definition) is 5. The molecule has 0 radical (unpaired) electrons. The van der Waals surface area contributed by atoms with Crippen molar-refractivity contribution in [2.24, 2.45) is 0 Å². The first-order chi connectivity index (χ1) is 37.1. The van der Waals surface area contributed by atoms with Gasteiger partial charge in [-0.15, -0.1) is 0 Å². The van der Waals surface area contributed by atoms with E-state index in [4.69, 9.17) is 15.4 Å². The Hall–Kier alpha value is -9.88. The second-order valence-corrected chi connectivity index (χ2v) is 21.4. The van der Waals surface area contributed by atoms with Gasteiger partial charge in [-0.25, -0.2) is 4.85 Å². The fourth-order valence-electron chi connectivity index (χ4n) is 12.9. The van der Waals surface area contributed by atoms with Crippen LogP contribution in [-0.4, -0.2) is 0 Å². The maximum absolute atomic E-state index is 9.96. The minimum absolute atomic E-state index is 0.358. The molecule has 0 atom stereocenters. The van der Waals surface area contributed by atoms with Gasteiger partial charge in [-0.2, -0.15) is 5.26 Å². The third-order valence-electron chi connectivity index (χ3n) is 16.7. The van der Waals surface area contributed by atoms with Crippen LogP contribution in [0.2, 0.25) is 0 Å². The largest absolute Gasteiger partial charge is 0.454 e. The summed E-state index contributed by atoms with van der Waals surface area (Å²) in [6.45, 7) is 17.2. The molecule has 0 saturated carbocycles. The van der Waals surface area contributed by atoms with Crippen molar-refractivity contribution in [2.45, 2.75) is 38.5 Å². The predicted octanol–water partition coefficient (Wildman–Crippen LogP) is 19.8. The zero-order valence-corrected chi connectivity index (χ0v) is 42.2. The van der Waals surface area contributed by atoms with Gasteiger partial charge in [0.2, 0.25) is 0 Å².